The molecule has 0 saturated heterocycles. The lowest BCUT2D eigenvalue weighted by atomic mass is 9.82. The van der Waals surface area contributed by atoms with Gasteiger partial charge in [0.2, 0.25) is 0 Å². The smallest absolute Gasteiger partial charge is 0.137 e. The van der Waals surface area contributed by atoms with Crippen LogP contribution in [-0.2, 0) is 5.54 Å². The summed E-state index contributed by atoms with van der Waals surface area (Å²) in [6.07, 6.45) is 1.87. The molecule has 0 fully saturated rings. The summed E-state index contributed by atoms with van der Waals surface area (Å²) in [7, 11) is 2.17. The highest BCUT2D eigenvalue weighted by Gasteiger charge is 2.41. The first kappa shape index (κ1) is 21.7. The molecule has 180 valence electrons. The third-order valence-corrected chi connectivity index (χ3v) is 7.93. The Kier molecular flexibility index (Phi) is 4.83. The third kappa shape index (κ3) is 3.19. The van der Waals surface area contributed by atoms with Gasteiger partial charge in [0.25, 0.3) is 0 Å². The molecule has 6 aromatic rings. The highest BCUT2D eigenvalue weighted by Crippen LogP contribution is 2.47. The zero-order valence-electron chi connectivity index (χ0n) is 21.0. The molecule has 1 atom stereocenters. The molecule has 1 aliphatic heterocycles. The molecule has 1 unspecified atom stereocenters. The number of pyridine rings is 1. The van der Waals surface area contributed by atoms with Gasteiger partial charge in [-0.15, -0.1) is 0 Å². The lowest BCUT2D eigenvalue weighted by molar-refractivity contribution is 0.533. The molecule has 4 heteroatoms. The number of hydrogen-bond acceptors (Lipinski definition) is 3. The lowest BCUT2D eigenvalue weighted by Crippen LogP contribution is -2.46. The summed E-state index contributed by atoms with van der Waals surface area (Å²) >= 11 is 0. The van der Waals surface area contributed by atoms with E-state index in [1.165, 1.54) is 44.3 Å². The molecular formula is C33H28N4. The molecule has 4 aromatic carbocycles. The second-order valence-corrected chi connectivity index (χ2v) is 9.97. The maximum Gasteiger partial charge on any atom is 0.137 e. The van der Waals surface area contributed by atoms with Crippen LogP contribution in [0, 0.1) is 0 Å². The number of aromatic nitrogens is 2. The summed E-state index contributed by atoms with van der Waals surface area (Å²) in [5, 5.41) is 2.47. The van der Waals surface area contributed by atoms with Crippen molar-refractivity contribution in [3.63, 3.8) is 0 Å². The molecule has 7 rings (SSSR count). The number of nitrogens with zero attached hydrogens (tertiary/aromatic N) is 4. The van der Waals surface area contributed by atoms with Crippen LogP contribution in [0.25, 0.3) is 27.6 Å². The van der Waals surface area contributed by atoms with Crippen LogP contribution in [0.4, 0.5) is 11.4 Å². The van der Waals surface area contributed by atoms with E-state index in [0.29, 0.717) is 0 Å². The first-order chi connectivity index (χ1) is 18.2. The second-order valence-electron chi connectivity index (χ2n) is 9.97. The molecular weight excluding hydrogens is 452 g/mol. The van der Waals surface area contributed by atoms with E-state index < -0.39 is 0 Å². The van der Waals surface area contributed by atoms with Crippen molar-refractivity contribution in [1.29, 1.82) is 0 Å². The Morgan fingerprint density at radius 2 is 1.35 bits per heavy atom. The summed E-state index contributed by atoms with van der Waals surface area (Å²) < 4.78 is 2.30. The molecule has 0 radical (unpaired) electrons. The Morgan fingerprint density at radius 1 is 0.649 bits per heavy atom. The predicted molar refractivity (Wildman–Crippen MR) is 154 cm³/mol. The van der Waals surface area contributed by atoms with Crippen molar-refractivity contribution in [1.82, 2.24) is 9.55 Å². The zero-order chi connectivity index (χ0) is 25.0. The predicted octanol–water partition coefficient (Wildman–Crippen LogP) is 7.36. The molecule has 0 aliphatic carbocycles. The standard InChI is InChI=1S/C33H28N4/c1-33(24-12-4-3-5-13-24,36-23-35(2)29-16-8-9-17-30(29)36)25-19-20-27-26-14-6-7-15-28(26)37(31(27)22-25)32-18-10-11-21-34-32/h3-22H,23H2,1-2H3. The van der Waals surface area contributed by atoms with E-state index >= 15 is 0 Å². The minimum atomic E-state index is -0.387. The van der Waals surface area contributed by atoms with E-state index in [-0.39, 0.29) is 5.54 Å². The summed E-state index contributed by atoms with van der Waals surface area (Å²) in [4.78, 5) is 9.60. The maximum atomic E-state index is 4.73. The Bertz CT molecular complexity index is 1740. The first-order valence-electron chi connectivity index (χ1n) is 12.7. The van der Waals surface area contributed by atoms with Crippen molar-refractivity contribution in [2.45, 2.75) is 12.5 Å². The van der Waals surface area contributed by atoms with Crippen LogP contribution in [0.15, 0.2) is 121 Å². The SMILES string of the molecule is CN1CN(C(C)(c2ccccc2)c2ccc3c4ccccc4n(-c4ccccn4)c3c2)c2ccccc21. The average Bonchev–Trinajstić information content (AvgIpc) is 3.48. The van der Waals surface area contributed by atoms with Crippen LogP contribution in [0.3, 0.4) is 0 Å². The number of benzene rings is 4. The van der Waals surface area contributed by atoms with E-state index in [0.717, 1.165) is 12.5 Å². The fourth-order valence-corrected chi connectivity index (χ4v) is 6.01. The summed E-state index contributed by atoms with van der Waals surface area (Å²) in [6.45, 7) is 3.17. The van der Waals surface area contributed by atoms with Crippen molar-refractivity contribution in [2.24, 2.45) is 0 Å². The Morgan fingerprint density at radius 3 is 2.16 bits per heavy atom. The molecule has 0 saturated carbocycles. The summed E-state index contributed by atoms with van der Waals surface area (Å²) in [5.74, 6) is 0.929. The van der Waals surface area contributed by atoms with Crippen molar-refractivity contribution in [3.05, 3.63) is 133 Å². The van der Waals surface area contributed by atoms with Crippen molar-refractivity contribution in [3.8, 4) is 5.82 Å². The minimum absolute atomic E-state index is 0.387. The molecule has 37 heavy (non-hydrogen) atoms. The normalized spacial score (nSPS) is 14.8. The van der Waals surface area contributed by atoms with Gasteiger partial charge in [0.05, 0.1) is 34.6 Å². The van der Waals surface area contributed by atoms with Gasteiger partial charge in [-0.1, -0.05) is 78.9 Å². The molecule has 4 nitrogen and oxygen atoms in total. The van der Waals surface area contributed by atoms with Crippen LogP contribution in [0.1, 0.15) is 18.1 Å². The number of rotatable bonds is 4. The van der Waals surface area contributed by atoms with Gasteiger partial charge in [-0.3, -0.25) is 4.57 Å². The van der Waals surface area contributed by atoms with Crippen LogP contribution >= 0.6 is 0 Å². The highest BCUT2D eigenvalue weighted by atomic mass is 15.4. The average molecular weight is 481 g/mol. The molecule has 0 amide bonds. The van der Waals surface area contributed by atoms with E-state index in [1.807, 2.05) is 12.3 Å². The largest absolute Gasteiger partial charge is 0.355 e. The van der Waals surface area contributed by atoms with Gasteiger partial charge in [-0.25, -0.2) is 4.98 Å². The van der Waals surface area contributed by atoms with Gasteiger partial charge in [-0.05, 0) is 54.4 Å². The number of anilines is 2. The van der Waals surface area contributed by atoms with Crippen LogP contribution in [0.2, 0.25) is 0 Å². The fourth-order valence-electron chi connectivity index (χ4n) is 6.01. The Hall–Kier alpha value is -4.57. The van der Waals surface area contributed by atoms with Gasteiger partial charge in [0.15, 0.2) is 0 Å². The van der Waals surface area contributed by atoms with Crippen molar-refractivity contribution < 1.29 is 0 Å². The van der Waals surface area contributed by atoms with Crippen LogP contribution < -0.4 is 9.80 Å². The van der Waals surface area contributed by atoms with E-state index in [1.54, 1.807) is 0 Å². The first-order valence-corrected chi connectivity index (χ1v) is 12.7. The van der Waals surface area contributed by atoms with Gasteiger partial charge in [0, 0.05) is 24.0 Å². The van der Waals surface area contributed by atoms with Gasteiger partial charge >= 0.3 is 0 Å². The molecule has 0 N–H and O–H groups in total. The molecule has 0 bridgehead atoms. The maximum absolute atomic E-state index is 4.73. The van der Waals surface area contributed by atoms with Crippen molar-refractivity contribution in [2.75, 3.05) is 23.5 Å². The van der Waals surface area contributed by atoms with Gasteiger partial charge in [0.1, 0.15) is 5.82 Å². The number of hydrogen-bond donors (Lipinski definition) is 0. The van der Waals surface area contributed by atoms with Crippen LogP contribution in [0.5, 0.6) is 0 Å². The Balaban J connectivity index is 1.52. The molecule has 1 aliphatic rings. The van der Waals surface area contributed by atoms with E-state index in [2.05, 4.69) is 138 Å². The van der Waals surface area contributed by atoms with E-state index in [4.69, 9.17) is 4.98 Å². The monoisotopic (exact) mass is 480 g/mol. The van der Waals surface area contributed by atoms with E-state index in [9.17, 15) is 0 Å². The topological polar surface area (TPSA) is 24.3 Å². The number of fused-ring (bicyclic) bond motifs is 4. The highest BCUT2D eigenvalue weighted by molar-refractivity contribution is 6.09. The minimum Gasteiger partial charge on any atom is -0.355 e. The Labute approximate surface area is 217 Å². The summed E-state index contributed by atoms with van der Waals surface area (Å²) in [6, 6.07) is 41.3. The number of para-hydroxylation sites is 3. The third-order valence-electron chi connectivity index (χ3n) is 7.93. The molecule has 0 spiro atoms. The van der Waals surface area contributed by atoms with Crippen molar-refractivity contribution >= 4 is 33.2 Å². The quantitative estimate of drug-likeness (QED) is 0.263. The van der Waals surface area contributed by atoms with Gasteiger partial charge in [-0.2, -0.15) is 0 Å². The summed E-state index contributed by atoms with van der Waals surface area (Å²) in [5.41, 5.74) is 6.97. The molecule has 3 heterocycles. The van der Waals surface area contributed by atoms with Crippen LogP contribution in [-0.4, -0.2) is 23.3 Å². The fraction of sp³-hybridized carbons (Fsp3) is 0.121. The van der Waals surface area contributed by atoms with Gasteiger partial charge < -0.3 is 9.80 Å². The molecule has 2 aromatic heterocycles. The zero-order valence-corrected chi connectivity index (χ0v) is 21.0. The lowest BCUT2D eigenvalue weighted by Gasteiger charge is -2.41. The second kappa shape index (κ2) is 8.24.